The van der Waals surface area contributed by atoms with E-state index in [-0.39, 0.29) is 12.2 Å². The summed E-state index contributed by atoms with van der Waals surface area (Å²) in [6.07, 6.45) is 0.213. The van der Waals surface area contributed by atoms with Crippen LogP contribution in [0, 0.1) is 0 Å². The maximum absolute atomic E-state index is 9.30. The summed E-state index contributed by atoms with van der Waals surface area (Å²) in [6.45, 7) is 0. The van der Waals surface area contributed by atoms with Crippen LogP contribution in [0.5, 0.6) is 5.75 Å². The number of hydrogen-bond acceptors (Lipinski definition) is 1. The second-order valence-corrected chi connectivity index (χ2v) is 4.94. The molecule has 0 aliphatic rings. The summed E-state index contributed by atoms with van der Waals surface area (Å²) in [6, 6.07) is 6.78. The SMILES string of the molecule is Oc1ccccc1CC(Cl)(Cl)Cl. The van der Waals surface area contributed by atoms with E-state index in [0.29, 0.717) is 5.56 Å². The fourth-order valence-electron chi connectivity index (χ4n) is 0.876. The Labute approximate surface area is 85.9 Å². The molecule has 0 aliphatic heterocycles. The lowest BCUT2D eigenvalue weighted by molar-refractivity contribution is 0.468. The van der Waals surface area contributed by atoms with Gasteiger partial charge in [-0.05, 0) is 11.6 Å². The van der Waals surface area contributed by atoms with E-state index in [1.165, 1.54) is 0 Å². The van der Waals surface area contributed by atoms with Gasteiger partial charge in [-0.25, -0.2) is 0 Å². The average molecular weight is 226 g/mol. The molecule has 0 fully saturated rings. The van der Waals surface area contributed by atoms with Crippen LogP contribution in [0.2, 0.25) is 0 Å². The number of phenolic OH excluding ortho intramolecular Hbond substituents is 1. The highest BCUT2D eigenvalue weighted by atomic mass is 35.6. The zero-order valence-corrected chi connectivity index (χ0v) is 8.37. The van der Waals surface area contributed by atoms with E-state index in [0.717, 1.165) is 0 Å². The molecule has 0 amide bonds. The molecule has 0 aromatic heterocycles. The molecule has 0 bridgehead atoms. The molecule has 1 aromatic rings. The van der Waals surface area contributed by atoms with Crippen LogP contribution in [-0.4, -0.2) is 8.90 Å². The van der Waals surface area contributed by atoms with Gasteiger partial charge >= 0.3 is 0 Å². The molecule has 0 atom stereocenters. The van der Waals surface area contributed by atoms with Gasteiger partial charge in [-0.2, -0.15) is 0 Å². The third-order valence-corrected chi connectivity index (χ3v) is 1.78. The molecule has 1 N–H and O–H groups in total. The second-order valence-electron chi connectivity index (χ2n) is 2.42. The van der Waals surface area contributed by atoms with Gasteiger partial charge in [0.05, 0.1) is 0 Å². The third kappa shape index (κ3) is 3.10. The van der Waals surface area contributed by atoms with Crippen molar-refractivity contribution in [3.8, 4) is 5.75 Å². The number of halogens is 3. The highest BCUT2D eigenvalue weighted by Crippen LogP contribution is 2.32. The normalized spacial score (nSPS) is 11.6. The molecule has 66 valence electrons. The van der Waals surface area contributed by atoms with Crippen molar-refractivity contribution in [2.75, 3.05) is 0 Å². The number of hydrogen-bond donors (Lipinski definition) is 1. The van der Waals surface area contributed by atoms with Crippen molar-refractivity contribution in [2.24, 2.45) is 0 Å². The van der Waals surface area contributed by atoms with Gasteiger partial charge in [-0.1, -0.05) is 53.0 Å². The van der Waals surface area contributed by atoms with Crippen LogP contribution in [0.15, 0.2) is 24.3 Å². The molecule has 0 radical (unpaired) electrons. The van der Waals surface area contributed by atoms with Gasteiger partial charge in [-0.3, -0.25) is 0 Å². The highest BCUT2D eigenvalue weighted by Gasteiger charge is 2.21. The molecule has 1 nitrogen and oxygen atoms in total. The minimum Gasteiger partial charge on any atom is -0.508 e. The van der Waals surface area contributed by atoms with Crippen LogP contribution in [-0.2, 0) is 6.42 Å². The average Bonchev–Trinajstić information content (AvgIpc) is 1.91. The van der Waals surface area contributed by atoms with Gasteiger partial charge < -0.3 is 5.11 Å². The van der Waals surface area contributed by atoms with E-state index in [1.54, 1.807) is 24.3 Å². The fourth-order valence-corrected chi connectivity index (χ4v) is 1.31. The summed E-state index contributed by atoms with van der Waals surface area (Å²) >= 11 is 16.7. The molecule has 12 heavy (non-hydrogen) atoms. The summed E-state index contributed by atoms with van der Waals surface area (Å²) in [7, 11) is 0. The Morgan fingerprint density at radius 1 is 1.17 bits per heavy atom. The van der Waals surface area contributed by atoms with E-state index < -0.39 is 3.79 Å². The minimum atomic E-state index is -1.35. The topological polar surface area (TPSA) is 20.2 Å². The van der Waals surface area contributed by atoms with Crippen LogP contribution in [0.3, 0.4) is 0 Å². The first-order valence-corrected chi connectivity index (χ1v) is 4.46. The van der Waals surface area contributed by atoms with E-state index in [9.17, 15) is 5.11 Å². The van der Waals surface area contributed by atoms with Gasteiger partial charge in [-0.15, -0.1) is 0 Å². The van der Waals surface area contributed by atoms with E-state index in [2.05, 4.69) is 0 Å². The Hall–Kier alpha value is -0.110. The predicted octanol–water partition coefficient (Wildman–Crippen LogP) is 3.30. The first kappa shape index (κ1) is 9.97. The van der Waals surface area contributed by atoms with E-state index >= 15 is 0 Å². The lowest BCUT2D eigenvalue weighted by Crippen LogP contribution is -2.06. The van der Waals surface area contributed by atoms with Crippen molar-refractivity contribution in [2.45, 2.75) is 10.2 Å². The molecule has 1 rings (SSSR count). The molecular weight excluding hydrogens is 218 g/mol. The number of aromatic hydroxyl groups is 1. The predicted molar refractivity (Wildman–Crippen MR) is 52.1 cm³/mol. The lowest BCUT2D eigenvalue weighted by Gasteiger charge is -2.11. The van der Waals surface area contributed by atoms with Crippen LogP contribution < -0.4 is 0 Å². The Balaban J connectivity index is 2.83. The highest BCUT2D eigenvalue weighted by molar-refractivity contribution is 6.67. The number of phenols is 1. The van der Waals surface area contributed by atoms with Crippen LogP contribution in [0.4, 0.5) is 0 Å². The first-order valence-electron chi connectivity index (χ1n) is 3.33. The van der Waals surface area contributed by atoms with Crippen molar-refractivity contribution < 1.29 is 5.11 Å². The van der Waals surface area contributed by atoms with Gasteiger partial charge in [0.2, 0.25) is 0 Å². The Morgan fingerprint density at radius 2 is 1.75 bits per heavy atom. The largest absolute Gasteiger partial charge is 0.508 e. The molecule has 0 unspecified atom stereocenters. The Kier molecular flexibility index (Phi) is 3.10. The van der Waals surface area contributed by atoms with Crippen molar-refractivity contribution >= 4 is 34.8 Å². The zero-order valence-electron chi connectivity index (χ0n) is 6.10. The summed E-state index contributed by atoms with van der Waals surface area (Å²) in [5.41, 5.74) is 0.637. The maximum atomic E-state index is 9.30. The first-order chi connectivity index (χ1) is 5.49. The van der Waals surface area contributed by atoms with Gasteiger partial charge in [0.25, 0.3) is 0 Å². The number of benzene rings is 1. The molecule has 1 aromatic carbocycles. The molecule has 0 spiro atoms. The van der Waals surface area contributed by atoms with E-state index in [4.69, 9.17) is 34.8 Å². The van der Waals surface area contributed by atoms with Gasteiger partial charge in [0.1, 0.15) is 5.75 Å². The van der Waals surface area contributed by atoms with Gasteiger partial charge in [0.15, 0.2) is 3.79 Å². The van der Waals surface area contributed by atoms with Crippen molar-refractivity contribution in [1.82, 2.24) is 0 Å². The minimum absolute atomic E-state index is 0.156. The standard InChI is InChI=1S/C8H7Cl3O/c9-8(10,11)5-6-3-1-2-4-7(6)12/h1-4,12H,5H2. The van der Waals surface area contributed by atoms with Crippen molar-refractivity contribution in [3.05, 3.63) is 29.8 Å². The van der Waals surface area contributed by atoms with Crippen LogP contribution in [0.25, 0.3) is 0 Å². The number of rotatable bonds is 1. The second kappa shape index (κ2) is 3.73. The quantitative estimate of drug-likeness (QED) is 0.727. The van der Waals surface area contributed by atoms with E-state index in [1.807, 2.05) is 0 Å². The van der Waals surface area contributed by atoms with Gasteiger partial charge in [0, 0.05) is 6.42 Å². The molecule has 4 heteroatoms. The number of alkyl halides is 3. The zero-order chi connectivity index (χ0) is 9.19. The van der Waals surface area contributed by atoms with Crippen molar-refractivity contribution in [3.63, 3.8) is 0 Å². The molecule has 0 aliphatic carbocycles. The smallest absolute Gasteiger partial charge is 0.194 e. The molecule has 0 heterocycles. The molecular formula is C8H7Cl3O. The van der Waals surface area contributed by atoms with Crippen LogP contribution >= 0.6 is 34.8 Å². The fraction of sp³-hybridized carbons (Fsp3) is 0.250. The maximum Gasteiger partial charge on any atom is 0.194 e. The lowest BCUT2D eigenvalue weighted by atomic mass is 10.1. The molecule has 0 saturated heterocycles. The summed E-state index contributed by atoms with van der Waals surface area (Å²) in [5, 5.41) is 9.30. The number of para-hydroxylation sites is 1. The summed E-state index contributed by atoms with van der Waals surface area (Å²) in [4.78, 5) is 0. The molecule has 0 saturated carbocycles. The van der Waals surface area contributed by atoms with Crippen LogP contribution in [0.1, 0.15) is 5.56 Å². The Bertz CT molecular complexity index is 267. The Morgan fingerprint density at radius 3 is 2.25 bits per heavy atom. The third-order valence-electron chi connectivity index (χ3n) is 1.38. The van der Waals surface area contributed by atoms with Crippen molar-refractivity contribution in [1.29, 1.82) is 0 Å². The monoisotopic (exact) mass is 224 g/mol. The summed E-state index contributed by atoms with van der Waals surface area (Å²) in [5.74, 6) is 0.156. The summed E-state index contributed by atoms with van der Waals surface area (Å²) < 4.78 is -1.35.